The van der Waals surface area contributed by atoms with E-state index in [4.69, 9.17) is 0 Å². The Balaban J connectivity index is 2.37. The summed E-state index contributed by atoms with van der Waals surface area (Å²) in [5, 5.41) is 1.04. The van der Waals surface area contributed by atoms with Crippen molar-refractivity contribution in [3.05, 3.63) is 23.4 Å². The maximum absolute atomic E-state index is 11.3. The zero-order chi connectivity index (χ0) is 10.1. The maximum atomic E-state index is 11.3. The molecule has 1 aliphatic rings. The highest BCUT2D eigenvalue weighted by molar-refractivity contribution is 8.00. The number of nitrogens with zero attached hydrogens (tertiary/aromatic N) is 1. The lowest BCUT2D eigenvalue weighted by atomic mass is 10.0. The fourth-order valence-corrected chi connectivity index (χ4v) is 2.34. The molecule has 0 amide bonds. The second-order valence-electron chi connectivity index (χ2n) is 3.89. The summed E-state index contributed by atoms with van der Waals surface area (Å²) >= 11 is 1.56. The van der Waals surface area contributed by atoms with Gasteiger partial charge in [-0.2, -0.15) is 0 Å². The van der Waals surface area contributed by atoms with Gasteiger partial charge < -0.3 is 0 Å². The molecule has 2 rings (SSSR count). The summed E-state index contributed by atoms with van der Waals surface area (Å²) in [7, 11) is 0. The van der Waals surface area contributed by atoms with Crippen molar-refractivity contribution in [3.8, 4) is 0 Å². The molecule has 0 atom stereocenters. The second kappa shape index (κ2) is 3.73. The van der Waals surface area contributed by atoms with E-state index in [0.717, 1.165) is 10.6 Å². The molecule has 0 bridgehead atoms. The molecule has 2 heterocycles. The van der Waals surface area contributed by atoms with E-state index in [1.165, 1.54) is 5.56 Å². The molecular formula is C11H13NOS. The van der Waals surface area contributed by atoms with E-state index in [1.54, 1.807) is 11.8 Å². The van der Waals surface area contributed by atoms with Crippen LogP contribution in [0.1, 0.15) is 30.9 Å². The number of hydrogen-bond acceptors (Lipinski definition) is 3. The zero-order valence-corrected chi connectivity index (χ0v) is 9.23. The molecule has 74 valence electrons. The van der Waals surface area contributed by atoms with Crippen molar-refractivity contribution < 1.29 is 4.79 Å². The summed E-state index contributed by atoms with van der Waals surface area (Å²) in [5.74, 6) is 1.38. The number of carbonyl (C=O) groups is 1. The summed E-state index contributed by atoms with van der Waals surface area (Å²) in [5.41, 5.74) is 2.33. The number of Topliss-reactive ketones (excluding diaryl/α,β-unsaturated/α-hetero) is 1. The van der Waals surface area contributed by atoms with Crippen molar-refractivity contribution in [1.82, 2.24) is 4.98 Å². The van der Waals surface area contributed by atoms with Gasteiger partial charge in [-0.25, -0.2) is 4.98 Å². The number of rotatable bonds is 1. The molecule has 0 unspecified atom stereocenters. The Morgan fingerprint density at radius 3 is 3.00 bits per heavy atom. The first-order valence-corrected chi connectivity index (χ1v) is 5.78. The van der Waals surface area contributed by atoms with E-state index >= 15 is 0 Å². The number of hydrogen-bond donors (Lipinski definition) is 0. The van der Waals surface area contributed by atoms with Gasteiger partial charge >= 0.3 is 0 Å². The molecule has 0 aromatic carbocycles. The first kappa shape index (κ1) is 9.71. The van der Waals surface area contributed by atoms with Gasteiger partial charge in [-0.1, -0.05) is 31.7 Å². The predicted molar refractivity (Wildman–Crippen MR) is 57.8 cm³/mol. The molecule has 1 aliphatic heterocycles. The molecule has 0 N–H and O–H groups in total. The van der Waals surface area contributed by atoms with E-state index in [1.807, 2.05) is 6.20 Å². The Kier molecular flexibility index (Phi) is 2.59. The highest BCUT2D eigenvalue weighted by Crippen LogP contribution is 2.28. The smallest absolute Gasteiger partial charge is 0.147 e. The van der Waals surface area contributed by atoms with Crippen molar-refractivity contribution in [2.75, 3.05) is 5.75 Å². The third-order valence-electron chi connectivity index (χ3n) is 2.37. The van der Waals surface area contributed by atoms with Crippen LogP contribution in [0.2, 0.25) is 0 Å². The van der Waals surface area contributed by atoms with Crippen LogP contribution in [0.4, 0.5) is 0 Å². The molecule has 0 fully saturated rings. The largest absolute Gasteiger partial charge is 0.298 e. The van der Waals surface area contributed by atoms with Crippen LogP contribution in [0.3, 0.4) is 0 Å². The van der Waals surface area contributed by atoms with E-state index in [2.05, 4.69) is 24.9 Å². The highest BCUT2D eigenvalue weighted by Gasteiger charge is 2.17. The molecule has 14 heavy (non-hydrogen) atoms. The van der Waals surface area contributed by atoms with Gasteiger partial charge in [0.15, 0.2) is 0 Å². The van der Waals surface area contributed by atoms with E-state index in [0.29, 0.717) is 23.9 Å². The van der Waals surface area contributed by atoms with E-state index in [-0.39, 0.29) is 0 Å². The van der Waals surface area contributed by atoms with Gasteiger partial charge in [0.25, 0.3) is 0 Å². The second-order valence-corrected chi connectivity index (χ2v) is 4.86. The fraction of sp³-hybridized carbons (Fsp3) is 0.455. The standard InChI is InChI=1S/C11H13NOS/c1-7(2)9-3-8-4-10(13)6-14-11(8)12-5-9/h3,5,7H,4,6H2,1-2H3. The Labute approximate surface area is 88.1 Å². The van der Waals surface area contributed by atoms with Crippen molar-refractivity contribution in [2.45, 2.75) is 31.2 Å². The number of aromatic nitrogens is 1. The third-order valence-corrected chi connectivity index (χ3v) is 3.48. The van der Waals surface area contributed by atoms with Gasteiger partial charge in [-0.05, 0) is 17.0 Å². The zero-order valence-electron chi connectivity index (χ0n) is 8.41. The molecule has 0 saturated heterocycles. The van der Waals surface area contributed by atoms with Crippen LogP contribution in [0.5, 0.6) is 0 Å². The molecule has 1 aromatic heterocycles. The van der Waals surface area contributed by atoms with Crippen LogP contribution >= 0.6 is 11.8 Å². The van der Waals surface area contributed by atoms with E-state index < -0.39 is 0 Å². The quantitative estimate of drug-likeness (QED) is 0.708. The molecular weight excluding hydrogens is 194 g/mol. The maximum Gasteiger partial charge on any atom is 0.147 e. The molecule has 1 aromatic rings. The molecule has 3 heteroatoms. The van der Waals surface area contributed by atoms with Crippen LogP contribution in [0.15, 0.2) is 17.3 Å². The molecule has 0 saturated carbocycles. The van der Waals surface area contributed by atoms with Gasteiger partial charge in [0.05, 0.1) is 5.75 Å². The minimum Gasteiger partial charge on any atom is -0.298 e. The number of ketones is 1. The van der Waals surface area contributed by atoms with Crippen LogP contribution in [0.25, 0.3) is 0 Å². The average Bonchev–Trinajstić information content (AvgIpc) is 2.16. The molecule has 2 nitrogen and oxygen atoms in total. The van der Waals surface area contributed by atoms with Crippen LogP contribution < -0.4 is 0 Å². The number of pyridine rings is 1. The molecule has 0 radical (unpaired) electrons. The molecule has 0 spiro atoms. The first-order chi connectivity index (χ1) is 6.66. The summed E-state index contributed by atoms with van der Waals surface area (Å²) in [6, 6.07) is 2.12. The lowest BCUT2D eigenvalue weighted by molar-refractivity contribution is -0.116. The summed E-state index contributed by atoms with van der Waals surface area (Å²) in [4.78, 5) is 15.6. The van der Waals surface area contributed by atoms with Crippen molar-refractivity contribution in [3.63, 3.8) is 0 Å². The Hall–Kier alpha value is -0.830. The van der Waals surface area contributed by atoms with E-state index in [9.17, 15) is 4.79 Å². The molecule has 0 aliphatic carbocycles. The van der Waals surface area contributed by atoms with Gasteiger partial charge in [0.1, 0.15) is 10.8 Å². The highest BCUT2D eigenvalue weighted by atomic mass is 32.2. The SMILES string of the molecule is CC(C)c1cnc2c(c1)CC(=O)CS2. The number of fused-ring (bicyclic) bond motifs is 1. The monoisotopic (exact) mass is 207 g/mol. The minimum absolute atomic E-state index is 0.310. The van der Waals surface area contributed by atoms with Gasteiger partial charge in [0, 0.05) is 12.6 Å². The fourth-order valence-electron chi connectivity index (χ4n) is 1.50. The van der Waals surface area contributed by atoms with Crippen molar-refractivity contribution >= 4 is 17.5 Å². The topological polar surface area (TPSA) is 30.0 Å². The average molecular weight is 207 g/mol. The minimum atomic E-state index is 0.310. The first-order valence-electron chi connectivity index (χ1n) is 4.80. The number of carbonyl (C=O) groups excluding carboxylic acids is 1. The van der Waals surface area contributed by atoms with Crippen LogP contribution in [-0.2, 0) is 11.2 Å². The lowest BCUT2D eigenvalue weighted by Crippen LogP contribution is -2.13. The van der Waals surface area contributed by atoms with Crippen LogP contribution in [0, 0.1) is 0 Å². The van der Waals surface area contributed by atoms with Gasteiger partial charge in [0.2, 0.25) is 0 Å². The summed E-state index contributed by atoms with van der Waals surface area (Å²) in [6.45, 7) is 4.28. The summed E-state index contributed by atoms with van der Waals surface area (Å²) < 4.78 is 0. The third kappa shape index (κ3) is 1.82. The Bertz CT molecular complexity index is 374. The Morgan fingerprint density at radius 1 is 1.50 bits per heavy atom. The van der Waals surface area contributed by atoms with Crippen molar-refractivity contribution in [2.24, 2.45) is 0 Å². The van der Waals surface area contributed by atoms with Gasteiger partial charge in [-0.15, -0.1) is 0 Å². The predicted octanol–water partition coefficient (Wildman–Crippen LogP) is 2.42. The Morgan fingerprint density at radius 2 is 2.29 bits per heavy atom. The van der Waals surface area contributed by atoms with Crippen LogP contribution in [-0.4, -0.2) is 16.5 Å². The number of thioether (sulfide) groups is 1. The summed E-state index contributed by atoms with van der Waals surface area (Å²) in [6.07, 6.45) is 2.49. The normalized spacial score (nSPS) is 15.8. The lowest BCUT2D eigenvalue weighted by Gasteiger charge is -2.15. The van der Waals surface area contributed by atoms with Gasteiger partial charge in [-0.3, -0.25) is 4.79 Å². The van der Waals surface area contributed by atoms with Crippen molar-refractivity contribution in [1.29, 1.82) is 0 Å².